The molecule has 3 heterocycles. The Labute approximate surface area is 132 Å². The van der Waals surface area contributed by atoms with Gasteiger partial charge in [-0.3, -0.25) is 4.40 Å². The molecule has 0 amide bonds. The molecule has 0 radical (unpaired) electrons. The minimum absolute atomic E-state index is 0.719. The zero-order valence-electron chi connectivity index (χ0n) is 12.3. The lowest BCUT2D eigenvalue weighted by Crippen LogP contribution is -2.30. The van der Waals surface area contributed by atoms with Crippen molar-refractivity contribution in [3.63, 3.8) is 0 Å². The standard InChI is InChI=1S/C19H13N4/c1-2-6-15-12-22(10-9-14(15)5-1)16-11-20-19-21-17-7-3-4-8-18(17)23(19)13-16/h1-13H/q+1. The van der Waals surface area contributed by atoms with Crippen LogP contribution in [-0.4, -0.2) is 14.4 Å². The van der Waals surface area contributed by atoms with Gasteiger partial charge in [0.15, 0.2) is 12.4 Å². The first-order chi connectivity index (χ1) is 11.4. The largest absolute Gasteiger partial charge is 0.277 e. The van der Waals surface area contributed by atoms with Gasteiger partial charge in [0.25, 0.3) is 0 Å². The van der Waals surface area contributed by atoms with Crippen LogP contribution in [0.2, 0.25) is 0 Å². The molecular weight excluding hydrogens is 284 g/mol. The van der Waals surface area contributed by atoms with Crippen molar-refractivity contribution in [3.05, 3.63) is 79.4 Å². The average molecular weight is 297 g/mol. The average Bonchev–Trinajstić information content (AvgIpc) is 2.99. The van der Waals surface area contributed by atoms with Gasteiger partial charge in [-0.1, -0.05) is 30.3 Å². The Bertz CT molecular complexity index is 1170. The van der Waals surface area contributed by atoms with Gasteiger partial charge in [0.05, 0.1) is 17.2 Å². The molecule has 5 rings (SSSR count). The number of fused-ring (bicyclic) bond motifs is 4. The molecule has 2 aromatic carbocycles. The maximum Gasteiger partial charge on any atom is 0.245 e. The summed E-state index contributed by atoms with van der Waals surface area (Å²) in [4.78, 5) is 9.05. The smallest absolute Gasteiger partial charge is 0.245 e. The highest BCUT2D eigenvalue weighted by Crippen LogP contribution is 2.16. The second-order valence-electron chi connectivity index (χ2n) is 5.56. The summed E-state index contributed by atoms with van der Waals surface area (Å²) in [7, 11) is 0. The minimum atomic E-state index is 0.719. The number of aromatic nitrogens is 4. The molecule has 108 valence electrons. The summed E-state index contributed by atoms with van der Waals surface area (Å²) in [6, 6.07) is 18.5. The van der Waals surface area contributed by atoms with E-state index in [9.17, 15) is 0 Å². The second kappa shape index (κ2) is 4.61. The van der Waals surface area contributed by atoms with E-state index in [1.807, 2.05) is 28.8 Å². The number of hydrogen-bond acceptors (Lipinski definition) is 2. The van der Waals surface area contributed by atoms with Gasteiger partial charge in [0.1, 0.15) is 6.20 Å². The van der Waals surface area contributed by atoms with Gasteiger partial charge in [0, 0.05) is 11.5 Å². The van der Waals surface area contributed by atoms with Crippen LogP contribution in [-0.2, 0) is 0 Å². The fourth-order valence-corrected chi connectivity index (χ4v) is 2.97. The van der Waals surface area contributed by atoms with Crippen LogP contribution in [0.25, 0.3) is 33.3 Å². The third kappa shape index (κ3) is 1.89. The Morgan fingerprint density at radius 1 is 0.870 bits per heavy atom. The van der Waals surface area contributed by atoms with Gasteiger partial charge in [-0.25, -0.2) is 9.97 Å². The van der Waals surface area contributed by atoms with Crippen LogP contribution in [0.5, 0.6) is 0 Å². The molecule has 0 aliphatic rings. The Hall–Kier alpha value is -3.27. The van der Waals surface area contributed by atoms with Crippen LogP contribution in [0.15, 0.2) is 79.4 Å². The molecule has 0 bridgehead atoms. The molecule has 0 N–H and O–H groups in total. The van der Waals surface area contributed by atoms with Crippen LogP contribution in [0.1, 0.15) is 0 Å². The van der Waals surface area contributed by atoms with E-state index in [2.05, 4.69) is 69.5 Å². The summed E-state index contributed by atoms with van der Waals surface area (Å²) >= 11 is 0. The third-order valence-electron chi connectivity index (χ3n) is 4.14. The van der Waals surface area contributed by atoms with Crippen molar-refractivity contribution < 1.29 is 4.57 Å². The highest BCUT2D eigenvalue weighted by Gasteiger charge is 2.11. The molecule has 4 heteroatoms. The van der Waals surface area contributed by atoms with Crippen LogP contribution in [0, 0.1) is 0 Å². The quantitative estimate of drug-likeness (QED) is 0.445. The Kier molecular flexibility index (Phi) is 2.46. The molecular formula is C19H13N4+. The molecule has 0 fully saturated rings. The van der Waals surface area contributed by atoms with E-state index in [-0.39, 0.29) is 0 Å². The number of benzene rings is 2. The number of para-hydroxylation sites is 2. The van der Waals surface area contributed by atoms with E-state index < -0.39 is 0 Å². The summed E-state index contributed by atoms with van der Waals surface area (Å²) in [5.41, 5.74) is 3.03. The molecule has 23 heavy (non-hydrogen) atoms. The lowest BCUT2D eigenvalue weighted by Gasteiger charge is -2.00. The summed E-state index contributed by atoms with van der Waals surface area (Å²) in [5, 5.41) is 2.43. The van der Waals surface area contributed by atoms with Gasteiger partial charge >= 0.3 is 0 Å². The fourth-order valence-electron chi connectivity index (χ4n) is 2.97. The Balaban J connectivity index is 1.76. The lowest BCUT2D eigenvalue weighted by molar-refractivity contribution is -0.594. The van der Waals surface area contributed by atoms with Gasteiger partial charge in [-0.05, 0) is 23.6 Å². The monoisotopic (exact) mass is 297 g/mol. The van der Waals surface area contributed by atoms with Crippen molar-refractivity contribution in [2.75, 3.05) is 0 Å². The first-order valence-electron chi connectivity index (χ1n) is 7.52. The van der Waals surface area contributed by atoms with Crippen molar-refractivity contribution in [3.8, 4) is 5.69 Å². The highest BCUT2D eigenvalue weighted by atomic mass is 15.1. The van der Waals surface area contributed by atoms with Crippen LogP contribution in [0.3, 0.4) is 0 Å². The van der Waals surface area contributed by atoms with Crippen LogP contribution >= 0.6 is 0 Å². The maximum absolute atomic E-state index is 4.54. The van der Waals surface area contributed by atoms with Gasteiger partial charge in [-0.15, -0.1) is 0 Å². The predicted octanol–water partition coefficient (Wildman–Crippen LogP) is 3.31. The Morgan fingerprint density at radius 3 is 2.65 bits per heavy atom. The molecule has 0 saturated heterocycles. The molecule has 5 aromatic rings. The minimum Gasteiger partial charge on any atom is -0.277 e. The topological polar surface area (TPSA) is 34.1 Å². The third-order valence-corrected chi connectivity index (χ3v) is 4.14. The second-order valence-corrected chi connectivity index (χ2v) is 5.56. The van der Waals surface area contributed by atoms with Crippen molar-refractivity contribution >= 4 is 27.6 Å². The van der Waals surface area contributed by atoms with E-state index in [0.29, 0.717) is 0 Å². The van der Waals surface area contributed by atoms with Crippen LogP contribution in [0.4, 0.5) is 0 Å². The first-order valence-corrected chi connectivity index (χ1v) is 7.52. The number of rotatable bonds is 1. The SMILES string of the molecule is c1ccc2c[n+](-c3cnc4nc5ccccc5n4c3)ccc2c1. The molecule has 0 unspecified atom stereocenters. The summed E-state index contributed by atoms with van der Waals surface area (Å²) in [5.74, 6) is 0.719. The molecule has 0 atom stereocenters. The van der Waals surface area contributed by atoms with Crippen LogP contribution < -0.4 is 4.57 Å². The number of hydrogen-bond donors (Lipinski definition) is 0. The van der Waals surface area contributed by atoms with E-state index in [1.165, 1.54) is 10.8 Å². The molecule has 0 saturated carbocycles. The molecule has 4 nitrogen and oxygen atoms in total. The zero-order valence-corrected chi connectivity index (χ0v) is 12.3. The molecule has 0 aliphatic heterocycles. The zero-order chi connectivity index (χ0) is 15.2. The molecule has 0 spiro atoms. The summed E-state index contributed by atoms with van der Waals surface area (Å²) in [6.07, 6.45) is 8.12. The lowest BCUT2D eigenvalue weighted by atomic mass is 10.2. The van der Waals surface area contributed by atoms with Crippen molar-refractivity contribution in [2.24, 2.45) is 0 Å². The van der Waals surface area contributed by atoms with Crippen molar-refractivity contribution in [1.82, 2.24) is 14.4 Å². The summed E-state index contributed by atoms with van der Waals surface area (Å²) in [6.45, 7) is 0. The fraction of sp³-hybridized carbons (Fsp3) is 0. The molecule has 0 aliphatic carbocycles. The van der Waals surface area contributed by atoms with Crippen molar-refractivity contribution in [1.29, 1.82) is 0 Å². The normalized spacial score (nSPS) is 11.5. The predicted molar refractivity (Wildman–Crippen MR) is 89.5 cm³/mol. The van der Waals surface area contributed by atoms with Gasteiger partial charge in [-0.2, -0.15) is 4.57 Å². The number of pyridine rings is 1. The Morgan fingerprint density at radius 2 is 1.70 bits per heavy atom. The summed E-state index contributed by atoms with van der Waals surface area (Å²) < 4.78 is 4.12. The van der Waals surface area contributed by atoms with Gasteiger partial charge < -0.3 is 0 Å². The van der Waals surface area contributed by atoms with Gasteiger partial charge in [0.2, 0.25) is 11.5 Å². The van der Waals surface area contributed by atoms with E-state index in [4.69, 9.17) is 0 Å². The number of nitrogens with zero attached hydrogens (tertiary/aromatic N) is 4. The maximum atomic E-state index is 4.54. The number of imidazole rings is 1. The van der Waals surface area contributed by atoms with Crippen molar-refractivity contribution in [2.45, 2.75) is 0 Å². The highest BCUT2D eigenvalue weighted by molar-refractivity contribution is 5.81. The van der Waals surface area contributed by atoms with E-state index in [1.54, 1.807) is 0 Å². The molecule has 3 aromatic heterocycles. The van der Waals surface area contributed by atoms with E-state index >= 15 is 0 Å². The van der Waals surface area contributed by atoms with E-state index in [0.717, 1.165) is 22.5 Å². The first kappa shape index (κ1) is 12.3.